The van der Waals surface area contributed by atoms with Gasteiger partial charge in [-0.05, 0) is 12.1 Å². The molecule has 0 radical (unpaired) electrons. The van der Waals surface area contributed by atoms with E-state index in [0.29, 0.717) is 0 Å². The predicted octanol–water partition coefficient (Wildman–Crippen LogP) is 3.13. The van der Waals surface area contributed by atoms with Gasteiger partial charge in [0.15, 0.2) is 5.69 Å². The molecular weight excluding hydrogens is 390 g/mol. The van der Waals surface area contributed by atoms with Crippen LogP contribution in [0.2, 0.25) is 5.02 Å². The number of nitrogens with one attached hydrogen (secondary N) is 1. The zero-order valence-electron chi connectivity index (χ0n) is 13.9. The van der Waals surface area contributed by atoms with Crippen LogP contribution in [0.25, 0.3) is 0 Å². The Hall–Kier alpha value is -3.85. The number of aromatic amines is 1. The summed E-state index contributed by atoms with van der Waals surface area (Å²) >= 11 is 5.75. The molecule has 0 saturated carbocycles. The molecule has 28 heavy (non-hydrogen) atoms. The van der Waals surface area contributed by atoms with Crippen molar-refractivity contribution in [3.63, 3.8) is 0 Å². The van der Waals surface area contributed by atoms with E-state index in [9.17, 15) is 29.6 Å². The number of carbonyl (C=O) groups is 3. The van der Waals surface area contributed by atoms with Gasteiger partial charge in [0.05, 0.1) is 10.5 Å². The Morgan fingerprint density at radius 1 is 1.07 bits per heavy atom. The van der Waals surface area contributed by atoms with Crippen LogP contribution in [0, 0.1) is 10.1 Å². The Balaban J connectivity index is 2.20. The van der Waals surface area contributed by atoms with Crippen molar-refractivity contribution in [3.8, 4) is 0 Å². The van der Waals surface area contributed by atoms with Gasteiger partial charge in [-0.1, -0.05) is 41.9 Å². The summed E-state index contributed by atoms with van der Waals surface area (Å²) in [6.07, 6.45) is 0. The fourth-order valence-electron chi connectivity index (χ4n) is 2.59. The van der Waals surface area contributed by atoms with Gasteiger partial charge >= 0.3 is 5.97 Å². The average Bonchev–Trinajstić information content (AvgIpc) is 3.12. The third-order valence-electron chi connectivity index (χ3n) is 3.86. The Bertz CT molecular complexity index is 1120. The lowest BCUT2D eigenvalue weighted by molar-refractivity contribution is -0.385. The molecule has 0 saturated heterocycles. The zero-order valence-corrected chi connectivity index (χ0v) is 14.6. The largest absolute Gasteiger partial charge is 0.477 e. The lowest BCUT2D eigenvalue weighted by Crippen LogP contribution is -2.15. The van der Waals surface area contributed by atoms with Crippen LogP contribution in [0.1, 0.15) is 42.5 Å². The summed E-state index contributed by atoms with van der Waals surface area (Å²) in [6, 6.07) is 11.1. The lowest BCUT2D eigenvalue weighted by atomic mass is 9.96. The second kappa shape index (κ2) is 7.41. The Morgan fingerprint density at radius 2 is 1.75 bits per heavy atom. The molecule has 9 nitrogen and oxygen atoms in total. The fourth-order valence-corrected chi connectivity index (χ4v) is 2.76. The fraction of sp³-hybridized carbons (Fsp3) is 0. The van der Waals surface area contributed by atoms with Gasteiger partial charge in [0.1, 0.15) is 11.3 Å². The van der Waals surface area contributed by atoms with Crippen molar-refractivity contribution in [2.75, 3.05) is 0 Å². The lowest BCUT2D eigenvalue weighted by Gasteiger charge is -2.05. The number of aromatic nitrogens is 2. The van der Waals surface area contributed by atoms with Crippen molar-refractivity contribution in [1.29, 1.82) is 0 Å². The zero-order chi connectivity index (χ0) is 20.4. The number of ketones is 2. The first-order valence-electron chi connectivity index (χ1n) is 7.71. The molecule has 0 bridgehead atoms. The first-order chi connectivity index (χ1) is 13.3. The third kappa shape index (κ3) is 3.38. The van der Waals surface area contributed by atoms with E-state index < -0.39 is 50.7 Å². The van der Waals surface area contributed by atoms with Crippen LogP contribution in [0.5, 0.6) is 0 Å². The topological polar surface area (TPSA) is 143 Å². The minimum Gasteiger partial charge on any atom is -0.477 e. The van der Waals surface area contributed by atoms with E-state index >= 15 is 0 Å². The second-order valence-electron chi connectivity index (χ2n) is 5.57. The molecule has 0 fully saturated rings. The molecule has 0 spiro atoms. The number of H-pyrrole nitrogens is 1. The molecule has 0 amide bonds. The highest BCUT2D eigenvalue weighted by Crippen LogP contribution is 2.28. The summed E-state index contributed by atoms with van der Waals surface area (Å²) < 4.78 is 0. The van der Waals surface area contributed by atoms with Crippen LogP contribution >= 0.6 is 11.6 Å². The summed E-state index contributed by atoms with van der Waals surface area (Å²) in [4.78, 5) is 47.7. The van der Waals surface area contributed by atoms with Crippen LogP contribution in [0.3, 0.4) is 0 Å². The van der Waals surface area contributed by atoms with Gasteiger partial charge in [0.2, 0.25) is 11.6 Å². The summed E-state index contributed by atoms with van der Waals surface area (Å²) in [5.41, 5.74) is -2.52. The van der Waals surface area contributed by atoms with E-state index in [4.69, 9.17) is 11.6 Å². The van der Waals surface area contributed by atoms with E-state index in [0.717, 1.165) is 12.1 Å². The molecule has 3 rings (SSSR count). The molecule has 0 aliphatic heterocycles. The molecule has 0 aliphatic rings. The Kier molecular flexibility index (Phi) is 5.01. The van der Waals surface area contributed by atoms with Crippen LogP contribution in [-0.2, 0) is 0 Å². The maximum absolute atomic E-state index is 13.0. The van der Waals surface area contributed by atoms with Gasteiger partial charge in [-0.2, -0.15) is 5.10 Å². The predicted molar refractivity (Wildman–Crippen MR) is 97.0 cm³/mol. The van der Waals surface area contributed by atoms with Crippen molar-refractivity contribution in [3.05, 3.63) is 91.7 Å². The number of rotatable bonds is 6. The van der Waals surface area contributed by atoms with Gasteiger partial charge in [-0.15, -0.1) is 0 Å². The van der Waals surface area contributed by atoms with Gasteiger partial charge < -0.3 is 5.11 Å². The van der Waals surface area contributed by atoms with Crippen molar-refractivity contribution < 1.29 is 24.4 Å². The summed E-state index contributed by atoms with van der Waals surface area (Å²) in [6.45, 7) is 0. The maximum atomic E-state index is 13.0. The van der Waals surface area contributed by atoms with Gasteiger partial charge in [0, 0.05) is 16.7 Å². The molecule has 1 aromatic heterocycles. The van der Waals surface area contributed by atoms with E-state index in [1.54, 1.807) is 18.2 Å². The van der Waals surface area contributed by atoms with Crippen LogP contribution < -0.4 is 0 Å². The molecule has 140 valence electrons. The quantitative estimate of drug-likeness (QED) is 0.368. The highest BCUT2D eigenvalue weighted by molar-refractivity contribution is 6.31. The SMILES string of the molecule is O=C(c1ccccc1)c1n[nH]c(C(=O)O)c1C(=O)c1ccc(Cl)cc1[N+](=O)[O-]. The molecule has 2 N–H and O–H groups in total. The first-order valence-corrected chi connectivity index (χ1v) is 8.09. The number of carbonyl (C=O) groups excluding carboxylic acids is 2. The average molecular weight is 400 g/mol. The standard InChI is InChI=1S/C18H10ClN3O6/c19-10-6-7-11(12(8-10)22(27)28)17(24)13-14(20-21-15(13)18(25)26)16(23)9-4-2-1-3-5-9/h1-8H,(H,20,21)(H,25,26). The van der Waals surface area contributed by atoms with Crippen LogP contribution in [0.4, 0.5) is 5.69 Å². The van der Waals surface area contributed by atoms with E-state index in [2.05, 4.69) is 10.2 Å². The van der Waals surface area contributed by atoms with Crippen molar-refractivity contribution >= 4 is 34.8 Å². The molecule has 3 aromatic rings. The number of carboxylic acids is 1. The normalized spacial score (nSPS) is 10.5. The number of nitro groups is 1. The smallest absolute Gasteiger partial charge is 0.354 e. The molecule has 0 unspecified atom stereocenters. The van der Waals surface area contributed by atoms with Gasteiger partial charge in [-0.25, -0.2) is 4.79 Å². The van der Waals surface area contributed by atoms with E-state index in [-0.39, 0.29) is 10.6 Å². The number of nitrogens with zero attached hydrogens (tertiary/aromatic N) is 2. The highest BCUT2D eigenvalue weighted by atomic mass is 35.5. The number of carboxylic acid groups (broad SMARTS) is 1. The molecule has 10 heteroatoms. The van der Waals surface area contributed by atoms with Gasteiger partial charge in [0.25, 0.3) is 5.69 Å². The number of hydrogen-bond acceptors (Lipinski definition) is 6. The molecule has 1 heterocycles. The Labute approximate surface area is 161 Å². The summed E-state index contributed by atoms with van der Waals surface area (Å²) in [5, 5.41) is 26.5. The van der Waals surface area contributed by atoms with E-state index in [1.807, 2.05) is 0 Å². The van der Waals surface area contributed by atoms with Crippen LogP contribution in [0.15, 0.2) is 48.5 Å². The molecule has 2 aromatic carbocycles. The number of aromatic carboxylic acids is 1. The maximum Gasteiger partial charge on any atom is 0.354 e. The number of benzene rings is 2. The minimum atomic E-state index is -1.54. The highest BCUT2D eigenvalue weighted by Gasteiger charge is 2.32. The minimum absolute atomic E-state index is 0.0227. The number of nitro benzene ring substituents is 1. The second-order valence-corrected chi connectivity index (χ2v) is 6.01. The van der Waals surface area contributed by atoms with Gasteiger partial charge in [-0.3, -0.25) is 24.8 Å². The van der Waals surface area contributed by atoms with Crippen LogP contribution in [-0.4, -0.2) is 37.8 Å². The first kappa shape index (κ1) is 18.9. The summed E-state index contributed by atoms with van der Waals surface area (Å²) in [7, 11) is 0. The molecular formula is C18H10ClN3O6. The monoisotopic (exact) mass is 399 g/mol. The molecule has 0 atom stereocenters. The van der Waals surface area contributed by atoms with E-state index in [1.165, 1.54) is 18.2 Å². The number of hydrogen-bond donors (Lipinski definition) is 2. The molecule has 0 aliphatic carbocycles. The number of halogens is 1. The van der Waals surface area contributed by atoms with Crippen molar-refractivity contribution in [2.24, 2.45) is 0 Å². The Morgan fingerprint density at radius 3 is 2.36 bits per heavy atom. The third-order valence-corrected chi connectivity index (χ3v) is 4.09. The van der Waals surface area contributed by atoms with Crippen molar-refractivity contribution in [1.82, 2.24) is 10.2 Å². The summed E-state index contributed by atoms with van der Waals surface area (Å²) in [5.74, 6) is -3.28. The van der Waals surface area contributed by atoms with Crippen molar-refractivity contribution in [2.45, 2.75) is 0 Å².